The predicted octanol–water partition coefficient (Wildman–Crippen LogP) is 3.37. The van der Waals surface area contributed by atoms with E-state index in [1.54, 1.807) is 24.3 Å². The van der Waals surface area contributed by atoms with Gasteiger partial charge in [-0.05, 0) is 49.6 Å². The average Bonchev–Trinajstić information content (AvgIpc) is 2.60. The molecule has 0 spiro atoms. The Kier molecular flexibility index (Phi) is 6.57. The molecule has 0 aromatic heterocycles. The van der Waals surface area contributed by atoms with Crippen molar-refractivity contribution in [1.82, 2.24) is 5.32 Å². The van der Waals surface area contributed by atoms with E-state index in [2.05, 4.69) is 10.6 Å². The van der Waals surface area contributed by atoms with Crippen molar-refractivity contribution in [3.8, 4) is 0 Å². The van der Waals surface area contributed by atoms with E-state index >= 15 is 0 Å². The normalized spacial score (nSPS) is 11.6. The van der Waals surface area contributed by atoms with Gasteiger partial charge in [0, 0.05) is 18.2 Å². The minimum Gasteiger partial charge on any atom is -0.399 e. The van der Waals surface area contributed by atoms with Crippen LogP contribution in [0.1, 0.15) is 42.6 Å². The first-order chi connectivity index (χ1) is 12.0. The molecule has 0 saturated carbocycles. The Morgan fingerprint density at radius 1 is 1.12 bits per heavy atom. The standard InChI is InChI=1S/C20H25N3O2/c1-3-14(2)22-20(25)17-9-4-5-10-18(17)23-19(24)12-11-15-7-6-8-16(21)13-15/h4-10,13-14H,3,11-12,21H2,1-2H3,(H,22,25)(H,23,24). The molecule has 0 aliphatic heterocycles. The Morgan fingerprint density at radius 3 is 2.60 bits per heavy atom. The van der Waals surface area contributed by atoms with Crippen molar-refractivity contribution in [3.05, 3.63) is 59.7 Å². The highest BCUT2D eigenvalue weighted by molar-refractivity contribution is 6.03. The van der Waals surface area contributed by atoms with Gasteiger partial charge in [0.1, 0.15) is 0 Å². The number of hydrogen-bond donors (Lipinski definition) is 3. The molecule has 0 radical (unpaired) electrons. The highest BCUT2D eigenvalue weighted by Crippen LogP contribution is 2.16. The second-order valence-electron chi connectivity index (χ2n) is 6.12. The van der Waals surface area contributed by atoms with Crippen molar-refractivity contribution in [2.75, 3.05) is 11.1 Å². The summed E-state index contributed by atoms with van der Waals surface area (Å²) in [5.41, 5.74) is 8.45. The zero-order chi connectivity index (χ0) is 18.2. The van der Waals surface area contributed by atoms with E-state index in [0.29, 0.717) is 29.8 Å². The third-order valence-corrected chi connectivity index (χ3v) is 4.03. The molecule has 132 valence electrons. The molecule has 4 N–H and O–H groups in total. The van der Waals surface area contributed by atoms with E-state index in [0.717, 1.165) is 12.0 Å². The van der Waals surface area contributed by atoms with Crippen LogP contribution in [0.5, 0.6) is 0 Å². The van der Waals surface area contributed by atoms with Crippen molar-refractivity contribution in [2.24, 2.45) is 0 Å². The van der Waals surface area contributed by atoms with Gasteiger partial charge in [-0.15, -0.1) is 0 Å². The zero-order valence-electron chi connectivity index (χ0n) is 14.7. The average molecular weight is 339 g/mol. The van der Waals surface area contributed by atoms with E-state index in [1.165, 1.54) is 0 Å². The van der Waals surface area contributed by atoms with Crippen molar-refractivity contribution in [2.45, 2.75) is 39.2 Å². The molecule has 2 aromatic carbocycles. The fraction of sp³-hybridized carbons (Fsp3) is 0.300. The lowest BCUT2D eigenvalue weighted by Crippen LogP contribution is -2.32. The number of amides is 2. The number of hydrogen-bond acceptors (Lipinski definition) is 3. The number of aryl methyl sites for hydroxylation is 1. The number of nitrogen functional groups attached to an aromatic ring is 1. The molecule has 5 heteroatoms. The Balaban J connectivity index is 1.99. The van der Waals surface area contributed by atoms with Crippen LogP contribution >= 0.6 is 0 Å². The van der Waals surface area contributed by atoms with Crippen LogP contribution in [-0.4, -0.2) is 17.9 Å². The first kappa shape index (κ1) is 18.5. The quantitative estimate of drug-likeness (QED) is 0.676. The molecule has 2 amide bonds. The van der Waals surface area contributed by atoms with Crippen LogP contribution in [0, 0.1) is 0 Å². The van der Waals surface area contributed by atoms with Crippen LogP contribution in [0.25, 0.3) is 0 Å². The molecule has 2 rings (SSSR count). The second kappa shape index (κ2) is 8.87. The summed E-state index contributed by atoms with van der Waals surface area (Å²) in [5.74, 6) is -0.313. The molecule has 2 aromatic rings. The molecule has 1 unspecified atom stereocenters. The van der Waals surface area contributed by atoms with E-state index in [1.807, 2.05) is 38.1 Å². The number of rotatable bonds is 7. The van der Waals surface area contributed by atoms with E-state index in [9.17, 15) is 9.59 Å². The van der Waals surface area contributed by atoms with Crippen LogP contribution in [-0.2, 0) is 11.2 Å². The van der Waals surface area contributed by atoms with Gasteiger partial charge >= 0.3 is 0 Å². The fourth-order valence-corrected chi connectivity index (χ4v) is 2.41. The van der Waals surface area contributed by atoms with Crippen molar-refractivity contribution in [3.63, 3.8) is 0 Å². The first-order valence-corrected chi connectivity index (χ1v) is 8.53. The van der Waals surface area contributed by atoms with Gasteiger partial charge in [0.05, 0.1) is 11.3 Å². The number of anilines is 2. The second-order valence-corrected chi connectivity index (χ2v) is 6.12. The van der Waals surface area contributed by atoms with E-state index < -0.39 is 0 Å². The van der Waals surface area contributed by atoms with Gasteiger partial charge in [0.25, 0.3) is 5.91 Å². The SMILES string of the molecule is CCC(C)NC(=O)c1ccccc1NC(=O)CCc1cccc(N)c1. The molecular weight excluding hydrogens is 314 g/mol. The minimum absolute atomic E-state index is 0.0831. The first-order valence-electron chi connectivity index (χ1n) is 8.53. The molecule has 0 saturated heterocycles. The van der Waals surface area contributed by atoms with Crippen LogP contribution in [0.2, 0.25) is 0 Å². The summed E-state index contributed by atoms with van der Waals surface area (Å²) in [5, 5.41) is 5.76. The molecular formula is C20H25N3O2. The summed E-state index contributed by atoms with van der Waals surface area (Å²) in [6.45, 7) is 3.96. The molecule has 0 aliphatic carbocycles. The number of nitrogens with two attached hydrogens (primary N) is 1. The van der Waals surface area contributed by atoms with Crippen molar-refractivity contribution in [1.29, 1.82) is 0 Å². The van der Waals surface area contributed by atoms with E-state index in [-0.39, 0.29) is 17.9 Å². The minimum atomic E-state index is -0.180. The lowest BCUT2D eigenvalue weighted by molar-refractivity contribution is -0.116. The Hall–Kier alpha value is -2.82. The molecule has 5 nitrogen and oxygen atoms in total. The molecule has 1 atom stereocenters. The maximum atomic E-state index is 12.4. The van der Waals surface area contributed by atoms with Gasteiger partial charge in [0.2, 0.25) is 5.91 Å². The lowest BCUT2D eigenvalue weighted by Gasteiger charge is -2.14. The number of carbonyl (C=O) groups excluding carboxylic acids is 2. The summed E-state index contributed by atoms with van der Waals surface area (Å²) in [6.07, 6.45) is 1.77. The topological polar surface area (TPSA) is 84.2 Å². The monoisotopic (exact) mass is 339 g/mol. The van der Waals surface area contributed by atoms with Crippen molar-refractivity contribution < 1.29 is 9.59 Å². The fourth-order valence-electron chi connectivity index (χ4n) is 2.41. The Morgan fingerprint density at radius 2 is 1.88 bits per heavy atom. The molecule has 0 bridgehead atoms. The van der Waals surface area contributed by atoms with Crippen LogP contribution in [0.3, 0.4) is 0 Å². The van der Waals surface area contributed by atoms with E-state index in [4.69, 9.17) is 5.73 Å². The Bertz CT molecular complexity index is 743. The molecule has 0 fully saturated rings. The summed E-state index contributed by atoms with van der Waals surface area (Å²) >= 11 is 0. The van der Waals surface area contributed by atoms with Gasteiger partial charge in [0.15, 0.2) is 0 Å². The van der Waals surface area contributed by atoms with Crippen LogP contribution in [0.4, 0.5) is 11.4 Å². The number of nitrogens with one attached hydrogen (secondary N) is 2. The zero-order valence-corrected chi connectivity index (χ0v) is 14.7. The summed E-state index contributed by atoms with van der Waals surface area (Å²) in [7, 11) is 0. The number of carbonyl (C=O) groups is 2. The summed E-state index contributed by atoms with van der Waals surface area (Å²) in [6, 6.07) is 14.6. The summed E-state index contributed by atoms with van der Waals surface area (Å²) in [4.78, 5) is 24.6. The third-order valence-electron chi connectivity index (χ3n) is 4.03. The number of para-hydroxylation sites is 1. The number of benzene rings is 2. The van der Waals surface area contributed by atoms with Crippen LogP contribution < -0.4 is 16.4 Å². The molecule has 0 aliphatic rings. The highest BCUT2D eigenvalue weighted by atomic mass is 16.2. The lowest BCUT2D eigenvalue weighted by atomic mass is 10.1. The molecule has 0 heterocycles. The van der Waals surface area contributed by atoms with Gasteiger partial charge in [-0.3, -0.25) is 9.59 Å². The predicted molar refractivity (Wildman–Crippen MR) is 101 cm³/mol. The maximum Gasteiger partial charge on any atom is 0.253 e. The van der Waals surface area contributed by atoms with Crippen LogP contribution in [0.15, 0.2) is 48.5 Å². The third kappa shape index (κ3) is 5.64. The smallest absolute Gasteiger partial charge is 0.253 e. The summed E-state index contributed by atoms with van der Waals surface area (Å²) < 4.78 is 0. The largest absolute Gasteiger partial charge is 0.399 e. The Labute approximate surface area is 148 Å². The molecule has 25 heavy (non-hydrogen) atoms. The van der Waals surface area contributed by atoms with Gasteiger partial charge < -0.3 is 16.4 Å². The van der Waals surface area contributed by atoms with Gasteiger partial charge in [-0.1, -0.05) is 31.2 Å². The highest BCUT2D eigenvalue weighted by Gasteiger charge is 2.14. The van der Waals surface area contributed by atoms with Gasteiger partial charge in [-0.2, -0.15) is 0 Å². The van der Waals surface area contributed by atoms with Crippen molar-refractivity contribution >= 4 is 23.2 Å². The maximum absolute atomic E-state index is 12.4. The van der Waals surface area contributed by atoms with Gasteiger partial charge in [-0.25, -0.2) is 0 Å².